The van der Waals surface area contributed by atoms with Gasteiger partial charge in [-0.1, -0.05) is 40.9 Å². The number of halogens is 1. The highest BCUT2D eigenvalue weighted by Crippen LogP contribution is 2.32. The van der Waals surface area contributed by atoms with Gasteiger partial charge in [0, 0.05) is 10.5 Å². The van der Waals surface area contributed by atoms with Gasteiger partial charge in [0.1, 0.15) is 0 Å². The second-order valence-electron chi connectivity index (χ2n) is 4.46. The zero-order chi connectivity index (χ0) is 10.7. The van der Waals surface area contributed by atoms with Crippen molar-refractivity contribution < 1.29 is 0 Å². The van der Waals surface area contributed by atoms with Gasteiger partial charge in [0.2, 0.25) is 0 Å². The SMILES string of the molecule is C[C@@H](NCCC1CC1)c1cccc(Br)c1. The first-order valence-corrected chi connectivity index (χ1v) is 6.54. The Bertz CT molecular complexity index is 320. The summed E-state index contributed by atoms with van der Waals surface area (Å²) in [5.74, 6) is 1.02. The van der Waals surface area contributed by atoms with Gasteiger partial charge in [-0.2, -0.15) is 0 Å². The predicted molar refractivity (Wildman–Crippen MR) is 67.9 cm³/mol. The molecule has 82 valence electrons. The molecule has 0 amide bonds. The molecule has 0 radical (unpaired) electrons. The summed E-state index contributed by atoms with van der Waals surface area (Å²) >= 11 is 3.50. The lowest BCUT2D eigenvalue weighted by Crippen LogP contribution is -2.20. The van der Waals surface area contributed by atoms with Crippen LogP contribution in [0.1, 0.15) is 37.8 Å². The monoisotopic (exact) mass is 267 g/mol. The maximum Gasteiger partial charge on any atom is 0.0292 e. The highest BCUT2D eigenvalue weighted by molar-refractivity contribution is 9.10. The molecule has 2 heteroatoms. The highest BCUT2D eigenvalue weighted by Gasteiger charge is 2.20. The average Bonchev–Trinajstić information content (AvgIpc) is 3.01. The van der Waals surface area contributed by atoms with Gasteiger partial charge in [-0.15, -0.1) is 0 Å². The minimum atomic E-state index is 0.459. The molecule has 1 aliphatic rings. The van der Waals surface area contributed by atoms with Crippen LogP contribution in [0.2, 0.25) is 0 Å². The van der Waals surface area contributed by atoms with E-state index >= 15 is 0 Å². The van der Waals surface area contributed by atoms with Crippen LogP contribution in [-0.4, -0.2) is 6.54 Å². The summed E-state index contributed by atoms with van der Waals surface area (Å²) < 4.78 is 1.16. The molecule has 1 aliphatic carbocycles. The highest BCUT2D eigenvalue weighted by atomic mass is 79.9. The summed E-state index contributed by atoms with van der Waals surface area (Å²) in [7, 11) is 0. The normalized spacial score (nSPS) is 17.7. The molecular formula is C13H18BrN. The minimum absolute atomic E-state index is 0.459. The van der Waals surface area contributed by atoms with E-state index < -0.39 is 0 Å². The fourth-order valence-electron chi connectivity index (χ4n) is 1.80. The van der Waals surface area contributed by atoms with Gasteiger partial charge in [0.25, 0.3) is 0 Å². The van der Waals surface area contributed by atoms with E-state index in [1.165, 1.54) is 24.8 Å². The van der Waals surface area contributed by atoms with Crippen LogP contribution in [0.5, 0.6) is 0 Å². The van der Waals surface area contributed by atoms with Gasteiger partial charge in [0.15, 0.2) is 0 Å². The maximum atomic E-state index is 3.58. The van der Waals surface area contributed by atoms with Crippen molar-refractivity contribution >= 4 is 15.9 Å². The molecule has 0 saturated heterocycles. The van der Waals surface area contributed by atoms with Crippen LogP contribution >= 0.6 is 15.9 Å². The number of nitrogens with one attached hydrogen (secondary N) is 1. The molecule has 0 aromatic heterocycles. The molecule has 2 rings (SSSR count). The smallest absolute Gasteiger partial charge is 0.0292 e. The summed E-state index contributed by atoms with van der Waals surface area (Å²) in [5.41, 5.74) is 1.36. The van der Waals surface area contributed by atoms with E-state index in [0.29, 0.717) is 6.04 Å². The third kappa shape index (κ3) is 3.62. The zero-order valence-corrected chi connectivity index (χ0v) is 10.8. The third-order valence-electron chi connectivity index (χ3n) is 3.05. The Hall–Kier alpha value is -0.340. The lowest BCUT2D eigenvalue weighted by atomic mass is 10.1. The fourth-order valence-corrected chi connectivity index (χ4v) is 2.22. The topological polar surface area (TPSA) is 12.0 Å². The van der Waals surface area contributed by atoms with Crippen molar-refractivity contribution in [3.05, 3.63) is 34.3 Å². The molecule has 15 heavy (non-hydrogen) atoms. The van der Waals surface area contributed by atoms with Crippen LogP contribution in [-0.2, 0) is 0 Å². The Morgan fingerprint density at radius 2 is 2.27 bits per heavy atom. The number of rotatable bonds is 5. The summed E-state index contributed by atoms with van der Waals surface area (Å²) in [6, 6.07) is 8.99. The Morgan fingerprint density at radius 3 is 2.93 bits per heavy atom. The van der Waals surface area contributed by atoms with Gasteiger partial charge >= 0.3 is 0 Å². The van der Waals surface area contributed by atoms with Crippen molar-refractivity contribution in [2.45, 2.75) is 32.2 Å². The first kappa shape index (κ1) is 11.2. The first-order valence-electron chi connectivity index (χ1n) is 5.74. The largest absolute Gasteiger partial charge is 0.310 e. The zero-order valence-electron chi connectivity index (χ0n) is 9.17. The van der Waals surface area contributed by atoms with Gasteiger partial charge in [-0.25, -0.2) is 0 Å². The molecule has 1 fully saturated rings. The van der Waals surface area contributed by atoms with Gasteiger partial charge < -0.3 is 5.32 Å². The van der Waals surface area contributed by atoms with Crippen LogP contribution in [0, 0.1) is 5.92 Å². The summed E-state index contributed by atoms with van der Waals surface area (Å²) in [5, 5.41) is 3.58. The summed E-state index contributed by atoms with van der Waals surface area (Å²) in [6.07, 6.45) is 4.25. The van der Waals surface area contributed by atoms with E-state index in [2.05, 4.69) is 52.4 Å². The van der Waals surface area contributed by atoms with Crippen molar-refractivity contribution in [1.29, 1.82) is 0 Å². The second-order valence-corrected chi connectivity index (χ2v) is 5.38. The lowest BCUT2D eigenvalue weighted by molar-refractivity contribution is 0.539. The van der Waals surface area contributed by atoms with E-state index in [9.17, 15) is 0 Å². The molecule has 1 nitrogen and oxygen atoms in total. The Labute approximate surface area is 100 Å². The third-order valence-corrected chi connectivity index (χ3v) is 3.54. The quantitative estimate of drug-likeness (QED) is 0.854. The fraction of sp³-hybridized carbons (Fsp3) is 0.538. The van der Waals surface area contributed by atoms with Crippen molar-refractivity contribution in [2.24, 2.45) is 5.92 Å². The Balaban J connectivity index is 1.80. The molecule has 0 bridgehead atoms. The van der Waals surface area contributed by atoms with Crippen LogP contribution in [0.15, 0.2) is 28.7 Å². The number of hydrogen-bond acceptors (Lipinski definition) is 1. The molecule has 0 spiro atoms. The lowest BCUT2D eigenvalue weighted by Gasteiger charge is -2.14. The molecule has 1 atom stereocenters. The van der Waals surface area contributed by atoms with Crippen molar-refractivity contribution in [2.75, 3.05) is 6.54 Å². The molecular weight excluding hydrogens is 250 g/mol. The standard InChI is InChI=1S/C13H18BrN/c1-10(15-8-7-11-5-6-11)12-3-2-4-13(14)9-12/h2-4,9-11,15H,5-8H2,1H3/t10-/m1/s1. The molecule has 1 saturated carbocycles. The van der Waals surface area contributed by atoms with Crippen molar-refractivity contribution in [3.8, 4) is 0 Å². The Kier molecular flexibility index (Phi) is 3.81. The van der Waals surface area contributed by atoms with Crippen LogP contribution < -0.4 is 5.32 Å². The van der Waals surface area contributed by atoms with Crippen molar-refractivity contribution in [3.63, 3.8) is 0 Å². The van der Waals surface area contributed by atoms with Crippen LogP contribution in [0.25, 0.3) is 0 Å². The summed E-state index contributed by atoms with van der Waals surface area (Å²) in [6.45, 7) is 3.38. The summed E-state index contributed by atoms with van der Waals surface area (Å²) in [4.78, 5) is 0. The molecule has 0 aliphatic heterocycles. The minimum Gasteiger partial charge on any atom is -0.310 e. The molecule has 1 aromatic rings. The van der Waals surface area contributed by atoms with E-state index in [-0.39, 0.29) is 0 Å². The maximum absolute atomic E-state index is 3.58. The molecule has 1 aromatic carbocycles. The molecule has 0 unspecified atom stereocenters. The van der Waals surface area contributed by atoms with Gasteiger partial charge in [-0.05, 0) is 43.5 Å². The molecule has 1 N–H and O–H groups in total. The van der Waals surface area contributed by atoms with Crippen LogP contribution in [0.3, 0.4) is 0 Å². The first-order chi connectivity index (χ1) is 7.25. The average molecular weight is 268 g/mol. The second kappa shape index (κ2) is 5.13. The van der Waals surface area contributed by atoms with E-state index in [4.69, 9.17) is 0 Å². The number of benzene rings is 1. The van der Waals surface area contributed by atoms with E-state index in [1.807, 2.05) is 0 Å². The number of hydrogen-bond donors (Lipinski definition) is 1. The van der Waals surface area contributed by atoms with E-state index in [1.54, 1.807) is 0 Å². The van der Waals surface area contributed by atoms with E-state index in [0.717, 1.165) is 16.9 Å². The van der Waals surface area contributed by atoms with Crippen molar-refractivity contribution in [1.82, 2.24) is 5.32 Å². The molecule has 0 heterocycles. The van der Waals surface area contributed by atoms with Gasteiger partial charge in [0.05, 0.1) is 0 Å². The Morgan fingerprint density at radius 1 is 1.47 bits per heavy atom. The predicted octanol–water partition coefficient (Wildman–Crippen LogP) is 3.90. The van der Waals surface area contributed by atoms with Gasteiger partial charge in [-0.3, -0.25) is 0 Å². The van der Waals surface area contributed by atoms with Crippen LogP contribution in [0.4, 0.5) is 0 Å².